The van der Waals surface area contributed by atoms with Crippen molar-refractivity contribution < 1.29 is 17.6 Å². The van der Waals surface area contributed by atoms with E-state index in [2.05, 4.69) is 5.32 Å². The van der Waals surface area contributed by atoms with E-state index < -0.39 is 30.4 Å². The fraction of sp³-hybridized carbons (Fsp3) is 0.583. The zero-order chi connectivity index (χ0) is 14.0. The molecule has 1 unspecified atom stereocenters. The van der Waals surface area contributed by atoms with Gasteiger partial charge in [0.15, 0.2) is 0 Å². The number of halogens is 6. The number of hydrogen-bond donors (Lipinski definition) is 1. The third kappa shape index (κ3) is 4.86. The number of rotatable bonds is 3. The molecule has 1 atom stereocenters. The van der Waals surface area contributed by atoms with E-state index in [1.54, 1.807) is 0 Å². The van der Waals surface area contributed by atoms with Gasteiger partial charge in [-0.05, 0) is 5.56 Å². The van der Waals surface area contributed by atoms with Crippen molar-refractivity contribution in [1.82, 2.24) is 9.88 Å². The second kappa shape index (κ2) is 8.00. The van der Waals surface area contributed by atoms with Crippen LogP contribution in [0.2, 0.25) is 0 Å². The Labute approximate surface area is 131 Å². The van der Waals surface area contributed by atoms with Gasteiger partial charge in [-0.1, -0.05) is 6.07 Å². The summed E-state index contributed by atoms with van der Waals surface area (Å²) in [6, 6.07) is 2.35. The number of nitrogens with zero attached hydrogens (tertiary/aromatic N) is 1. The highest BCUT2D eigenvalue weighted by Gasteiger charge is 2.42. The minimum absolute atomic E-state index is 0. The van der Waals surface area contributed by atoms with Gasteiger partial charge in [-0.2, -0.15) is 0 Å². The van der Waals surface area contributed by atoms with Crippen molar-refractivity contribution in [3.8, 4) is 0 Å². The molecule has 1 fully saturated rings. The van der Waals surface area contributed by atoms with Crippen molar-refractivity contribution in [2.45, 2.75) is 31.2 Å². The van der Waals surface area contributed by atoms with Gasteiger partial charge < -0.3 is 9.88 Å². The average Bonchev–Trinajstić information content (AvgIpc) is 2.31. The van der Waals surface area contributed by atoms with E-state index >= 15 is 0 Å². The first kappa shape index (κ1) is 20.2. The summed E-state index contributed by atoms with van der Waals surface area (Å²) in [5, 5.41) is 2.85. The molecule has 0 bridgehead atoms. The zero-order valence-electron chi connectivity index (χ0n) is 10.9. The number of pyridine rings is 1. The highest BCUT2D eigenvalue weighted by Crippen LogP contribution is 2.37. The monoisotopic (exact) mass is 350 g/mol. The summed E-state index contributed by atoms with van der Waals surface area (Å²) in [5.74, 6) is -3.98. The van der Waals surface area contributed by atoms with Crippen LogP contribution in [0.5, 0.6) is 0 Å². The standard InChI is InChI=1S/C12H14F4N2O.2ClH/c13-10(14)7-18-6-8(1-2-11(18)19)9-5-17-4-3-12(9,15)16;;/h1-2,6,9-10,17H,3-5,7H2;2*1H. The van der Waals surface area contributed by atoms with Gasteiger partial charge in [0.25, 0.3) is 17.9 Å². The maximum atomic E-state index is 13.8. The molecule has 21 heavy (non-hydrogen) atoms. The Hall–Kier alpha value is -0.790. The van der Waals surface area contributed by atoms with Crippen LogP contribution in [0, 0.1) is 0 Å². The predicted octanol–water partition coefficient (Wildman–Crippen LogP) is 2.67. The predicted molar refractivity (Wildman–Crippen MR) is 76.4 cm³/mol. The quantitative estimate of drug-likeness (QED) is 0.850. The van der Waals surface area contributed by atoms with Crippen molar-refractivity contribution in [3.05, 3.63) is 34.2 Å². The zero-order valence-corrected chi connectivity index (χ0v) is 12.5. The van der Waals surface area contributed by atoms with Gasteiger partial charge in [-0.25, -0.2) is 17.6 Å². The highest BCUT2D eigenvalue weighted by molar-refractivity contribution is 5.85. The number of piperidine rings is 1. The maximum Gasteiger partial charge on any atom is 0.257 e. The van der Waals surface area contributed by atoms with Crippen molar-refractivity contribution in [3.63, 3.8) is 0 Å². The summed E-state index contributed by atoms with van der Waals surface area (Å²) in [5.41, 5.74) is -0.409. The number of alkyl halides is 4. The van der Waals surface area contributed by atoms with Gasteiger partial charge in [-0.15, -0.1) is 24.8 Å². The van der Waals surface area contributed by atoms with Crippen LogP contribution in [0.3, 0.4) is 0 Å². The van der Waals surface area contributed by atoms with Crippen LogP contribution in [-0.2, 0) is 6.54 Å². The largest absolute Gasteiger partial charge is 0.316 e. The van der Waals surface area contributed by atoms with E-state index in [1.165, 1.54) is 6.07 Å². The fourth-order valence-corrected chi connectivity index (χ4v) is 2.23. The molecule has 1 aromatic rings. The summed E-state index contributed by atoms with van der Waals surface area (Å²) >= 11 is 0. The Balaban J connectivity index is 0.00000200. The molecule has 0 aliphatic carbocycles. The van der Waals surface area contributed by atoms with Gasteiger partial charge >= 0.3 is 0 Å². The summed E-state index contributed by atoms with van der Waals surface area (Å²) < 4.78 is 52.9. The lowest BCUT2D eigenvalue weighted by Gasteiger charge is -2.32. The van der Waals surface area contributed by atoms with E-state index in [9.17, 15) is 22.4 Å². The summed E-state index contributed by atoms with van der Waals surface area (Å²) in [4.78, 5) is 11.4. The van der Waals surface area contributed by atoms with E-state index in [0.29, 0.717) is 0 Å². The Morgan fingerprint density at radius 3 is 2.57 bits per heavy atom. The summed E-state index contributed by atoms with van der Waals surface area (Å²) in [6.45, 7) is -0.488. The van der Waals surface area contributed by atoms with E-state index in [4.69, 9.17) is 0 Å². The molecule has 122 valence electrons. The smallest absolute Gasteiger partial charge is 0.257 e. The SMILES string of the molecule is Cl.Cl.O=c1ccc(C2CNCCC2(F)F)cn1CC(F)F. The average molecular weight is 351 g/mol. The molecule has 1 aliphatic heterocycles. The maximum absolute atomic E-state index is 13.8. The lowest BCUT2D eigenvalue weighted by Crippen LogP contribution is -2.43. The molecule has 0 aromatic carbocycles. The van der Waals surface area contributed by atoms with Crippen LogP contribution in [0.4, 0.5) is 17.6 Å². The second-order valence-electron chi connectivity index (χ2n) is 4.61. The minimum atomic E-state index is -2.89. The highest BCUT2D eigenvalue weighted by atomic mass is 35.5. The summed E-state index contributed by atoms with van der Waals surface area (Å²) in [7, 11) is 0. The molecule has 0 saturated carbocycles. The molecular weight excluding hydrogens is 335 g/mol. The number of aromatic nitrogens is 1. The lowest BCUT2D eigenvalue weighted by atomic mass is 9.89. The Kier molecular flexibility index (Phi) is 7.70. The topological polar surface area (TPSA) is 34.0 Å². The van der Waals surface area contributed by atoms with Crippen LogP contribution < -0.4 is 10.9 Å². The molecular formula is C12H16Cl2F4N2O. The summed E-state index contributed by atoms with van der Waals surface area (Å²) in [6.07, 6.45) is -1.89. The number of nitrogens with one attached hydrogen (secondary N) is 1. The molecule has 1 saturated heterocycles. The molecule has 2 heterocycles. The molecule has 1 aliphatic rings. The minimum Gasteiger partial charge on any atom is -0.316 e. The fourth-order valence-electron chi connectivity index (χ4n) is 2.23. The van der Waals surface area contributed by atoms with Crippen molar-refractivity contribution >= 4 is 24.8 Å². The third-order valence-electron chi connectivity index (χ3n) is 3.24. The second-order valence-corrected chi connectivity index (χ2v) is 4.61. The number of hydrogen-bond acceptors (Lipinski definition) is 2. The Bertz CT molecular complexity index is 510. The Morgan fingerprint density at radius 2 is 2.00 bits per heavy atom. The van der Waals surface area contributed by atoms with E-state index in [-0.39, 0.29) is 49.9 Å². The molecule has 0 spiro atoms. The van der Waals surface area contributed by atoms with E-state index in [0.717, 1.165) is 16.8 Å². The van der Waals surface area contributed by atoms with Gasteiger partial charge in [-0.3, -0.25) is 4.79 Å². The first-order valence-corrected chi connectivity index (χ1v) is 5.97. The third-order valence-corrected chi connectivity index (χ3v) is 3.24. The molecule has 9 heteroatoms. The molecule has 0 amide bonds. The van der Waals surface area contributed by atoms with Gasteiger partial charge in [0, 0.05) is 31.8 Å². The normalized spacial score (nSPS) is 20.5. The Morgan fingerprint density at radius 1 is 1.33 bits per heavy atom. The molecule has 1 aromatic heterocycles. The lowest BCUT2D eigenvalue weighted by molar-refractivity contribution is -0.0481. The van der Waals surface area contributed by atoms with Crippen molar-refractivity contribution in [2.24, 2.45) is 0 Å². The van der Waals surface area contributed by atoms with Crippen LogP contribution in [0.1, 0.15) is 17.9 Å². The molecule has 3 nitrogen and oxygen atoms in total. The van der Waals surface area contributed by atoms with Crippen molar-refractivity contribution in [2.75, 3.05) is 13.1 Å². The van der Waals surface area contributed by atoms with Gasteiger partial charge in [0.1, 0.15) is 0 Å². The van der Waals surface area contributed by atoms with Crippen LogP contribution >= 0.6 is 24.8 Å². The molecule has 0 radical (unpaired) electrons. The van der Waals surface area contributed by atoms with E-state index in [1.807, 2.05) is 0 Å². The van der Waals surface area contributed by atoms with Gasteiger partial charge in [0.2, 0.25) is 0 Å². The van der Waals surface area contributed by atoms with Crippen LogP contribution in [0.25, 0.3) is 0 Å². The van der Waals surface area contributed by atoms with Crippen LogP contribution in [0.15, 0.2) is 23.1 Å². The first-order valence-electron chi connectivity index (χ1n) is 5.97. The van der Waals surface area contributed by atoms with Crippen molar-refractivity contribution in [1.29, 1.82) is 0 Å². The van der Waals surface area contributed by atoms with Crippen LogP contribution in [-0.4, -0.2) is 30.0 Å². The first-order chi connectivity index (χ1) is 8.90. The van der Waals surface area contributed by atoms with Gasteiger partial charge in [0.05, 0.1) is 12.5 Å². The molecule has 2 rings (SSSR count). The molecule has 1 N–H and O–H groups in total.